The van der Waals surface area contributed by atoms with Crippen LogP contribution in [0, 0.1) is 47.3 Å². The molecule has 686 valence electrons. The fourth-order valence-electron chi connectivity index (χ4n) is 18.8. The van der Waals surface area contributed by atoms with Crippen molar-refractivity contribution in [2.45, 2.75) is 225 Å². The van der Waals surface area contributed by atoms with E-state index in [0.717, 1.165) is 23.1 Å². The van der Waals surface area contributed by atoms with Gasteiger partial charge in [0.1, 0.15) is 65.4 Å². The molecule has 9 heterocycles. The number of benzene rings is 1. The van der Waals surface area contributed by atoms with E-state index in [4.69, 9.17) is 64.1 Å². The van der Waals surface area contributed by atoms with Crippen LogP contribution in [0.3, 0.4) is 0 Å². The molecule has 1 aromatic carbocycles. The average Bonchev–Trinajstić information content (AvgIpc) is 1.74. The zero-order valence-electron chi connectivity index (χ0n) is 74.2. The molecular formula is C91H124N18O18. The molecule has 18 atom stereocenters. The zero-order valence-corrected chi connectivity index (χ0v) is 74.2. The van der Waals surface area contributed by atoms with Gasteiger partial charge in [-0.05, 0) is 143 Å². The number of Topliss-reactive ketones (excluding diaryl/α,β-unsaturated/α-hetero) is 2. The van der Waals surface area contributed by atoms with Crippen molar-refractivity contribution in [3.8, 4) is 16.9 Å². The molecule has 2 saturated carbocycles. The van der Waals surface area contributed by atoms with Crippen LogP contribution >= 0.6 is 0 Å². The van der Waals surface area contributed by atoms with Gasteiger partial charge in [-0.15, -0.1) is 5.10 Å². The molecule has 7 aromatic rings. The number of piperazine rings is 1. The third-order valence-corrected chi connectivity index (χ3v) is 26.2. The highest BCUT2D eigenvalue weighted by Gasteiger charge is 2.54. The lowest BCUT2D eigenvalue weighted by Crippen LogP contribution is -2.57. The van der Waals surface area contributed by atoms with Crippen molar-refractivity contribution in [3.63, 3.8) is 0 Å². The lowest BCUT2D eigenvalue weighted by Gasteiger charge is -2.42. The molecule has 13 rings (SSSR count). The first-order valence-corrected chi connectivity index (χ1v) is 44.5. The van der Waals surface area contributed by atoms with Gasteiger partial charge in [0.2, 0.25) is 29.4 Å². The number of aromatic nitrogens is 12. The normalized spacial score (nSPS) is 29.4. The number of aliphatic hydroxyl groups excluding tert-OH is 4. The predicted octanol–water partition coefficient (Wildman–Crippen LogP) is 7.95. The molecule has 2 saturated heterocycles. The average molecular weight is 1760 g/mol. The number of carbonyl (C=O) groups excluding carboxylic acids is 5. The lowest BCUT2D eigenvalue weighted by atomic mass is 9.73. The van der Waals surface area contributed by atoms with Crippen LogP contribution in [0.15, 0.2) is 118 Å². The summed E-state index contributed by atoms with van der Waals surface area (Å²) >= 11 is 0. The number of nitrogens with two attached hydrogens (primary N) is 2. The number of nitrogens with one attached hydrogen (secondary N) is 2. The number of fused-ring (bicyclic) bond motifs is 6. The van der Waals surface area contributed by atoms with Gasteiger partial charge < -0.3 is 95.0 Å². The monoisotopic (exact) mass is 1760 g/mol. The summed E-state index contributed by atoms with van der Waals surface area (Å²) in [5, 5.41) is 79.0. The first-order chi connectivity index (χ1) is 61.1. The number of methoxy groups -OCH3 is 3. The van der Waals surface area contributed by atoms with E-state index in [9.17, 15) is 49.5 Å². The molecule has 11 N–H and O–H groups in total. The first-order valence-electron chi connectivity index (χ1n) is 44.5. The van der Waals surface area contributed by atoms with Gasteiger partial charge in [-0.1, -0.05) is 83.1 Å². The molecule has 127 heavy (non-hydrogen) atoms. The molecule has 36 nitrogen and oxygen atoms in total. The number of aliphatic hydroxyl groups is 5. The third kappa shape index (κ3) is 22.5. The fraction of sp³-hybridized carbons (Fsp3) is 0.593. The van der Waals surface area contributed by atoms with Gasteiger partial charge in [0.25, 0.3) is 17.7 Å². The number of nitrogen functional groups attached to an aromatic ring is 2. The van der Waals surface area contributed by atoms with E-state index in [1.165, 1.54) is 23.4 Å². The minimum Gasteiger partial charge on any atom is -0.487 e. The summed E-state index contributed by atoms with van der Waals surface area (Å²) in [6.07, 6.45) is 19.9. The fourth-order valence-corrected chi connectivity index (χ4v) is 18.8. The lowest BCUT2D eigenvalue weighted by molar-refractivity contribution is -0.265. The summed E-state index contributed by atoms with van der Waals surface area (Å²) in [5.74, 6) is -7.90. The number of cyclic esters (lactones) is 1. The van der Waals surface area contributed by atoms with Crippen molar-refractivity contribution in [2.24, 2.45) is 47.3 Å². The van der Waals surface area contributed by atoms with Crippen LogP contribution in [0.4, 0.5) is 23.7 Å². The maximum Gasteiger partial charge on any atom is 0.309 e. The van der Waals surface area contributed by atoms with Crippen molar-refractivity contribution in [1.29, 1.82) is 0 Å². The molecule has 0 radical (unpaired) electrons. The van der Waals surface area contributed by atoms with Crippen molar-refractivity contribution in [2.75, 3.05) is 95.1 Å². The largest absolute Gasteiger partial charge is 0.487 e. The molecule has 3 aliphatic carbocycles. The Kier molecular flexibility index (Phi) is 32.0. The number of allylic oxidation sites excluding steroid dienone is 5. The first kappa shape index (κ1) is 94.2. The highest BCUT2D eigenvalue weighted by molar-refractivity contribution is 6.41. The van der Waals surface area contributed by atoms with Gasteiger partial charge in [-0.3, -0.25) is 24.0 Å². The number of esters is 1. The Balaban J connectivity index is 0.628. The van der Waals surface area contributed by atoms with Crippen molar-refractivity contribution < 1.29 is 87.1 Å². The minimum atomic E-state index is -2.45. The molecule has 6 aromatic heterocycles. The van der Waals surface area contributed by atoms with E-state index in [-0.39, 0.29) is 112 Å². The molecule has 2 unspecified atom stereocenters. The van der Waals surface area contributed by atoms with E-state index in [1.807, 2.05) is 73.1 Å². The summed E-state index contributed by atoms with van der Waals surface area (Å²) in [7, 11) is 4.71. The molecule has 4 bridgehead atoms. The van der Waals surface area contributed by atoms with Crippen molar-refractivity contribution in [3.05, 3.63) is 125 Å². The van der Waals surface area contributed by atoms with Crippen LogP contribution in [0.2, 0.25) is 0 Å². The highest BCUT2D eigenvalue weighted by atomic mass is 16.6. The Morgan fingerprint density at radius 1 is 0.787 bits per heavy atom. The summed E-state index contributed by atoms with van der Waals surface area (Å²) in [6.45, 7) is 15.8. The number of rotatable bonds is 26. The number of ether oxygens (including phenoxy) is 7. The van der Waals surface area contributed by atoms with Crippen LogP contribution in [-0.4, -0.2) is 249 Å². The van der Waals surface area contributed by atoms with E-state index < -0.39 is 102 Å². The Morgan fingerprint density at radius 3 is 2.31 bits per heavy atom. The van der Waals surface area contributed by atoms with Crippen LogP contribution < -0.4 is 31.9 Å². The van der Waals surface area contributed by atoms with Crippen molar-refractivity contribution >= 4 is 75.2 Å². The number of oxazole rings is 1. The molecule has 36 heteroatoms. The number of nitrogens with zero attached hydrogens (tertiary/aromatic N) is 14. The summed E-state index contributed by atoms with van der Waals surface area (Å²) in [4.78, 5) is 105. The Hall–Kier alpha value is -10.4. The minimum absolute atomic E-state index is 0.000668. The molecular weight excluding hydrogens is 1630 g/mol. The van der Waals surface area contributed by atoms with Crippen molar-refractivity contribution in [1.82, 2.24) is 70.3 Å². The number of unbranched alkanes of at least 4 members (excludes halogenated alkanes) is 1. The van der Waals surface area contributed by atoms with E-state index in [2.05, 4.69) is 59.7 Å². The number of carbonyl (C=O) groups is 5. The van der Waals surface area contributed by atoms with Gasteiger partial charge in [-0.25, -0.2) is 39.3 Å². The molecule has 0 spiro atoms. The highest BCUT2D eigenvalue weighted by Crippen LogP contribution is 2.45. The predicted molar refractivity (Wildman–Crippen MR) is 470 cm³/mol. The SMILES string of the molecule is CO[C@H]1C[C@@H]2CC[C@@H](C)[C@@](O)(O2)C(=O)C(=O)C2CCCC[C@H]2C(=O)O[C@H]([C@H](C)C[C@@H]2CC[C@@H](O)[C@H](OC)C2)C[C@@H](O)[C@H](C)/C=C(\C)[C@@H](O)[C@@H](OC)C2=C(OCc3cn(-c4cnc(N5CCN(c6ncc(C(=O)NCCOCCC(=O)NCCCCn7nc(-c8ccc9oc(N)nc9c8)c8c(N)ncnc87)cn6)CC5CO)nc4)nn3)\C(=C/C=C/C=C/1C)[C@@H](C)C[C@H]2C. The van der Waals surface area contributed by atoms with Crippen LogP contribution in [0.1, 0.15) is 167 Å². The number of anilines is 4. The van der Waals surface area contributed by atoms with Gasteiger partial charge in [0.15, 0.2) is 11.2 Å². The third-order valence-electron chi connectivity index (χ3n) is 26.2. The van der Waals surface area contributed by atoms with Crippen LogP contribution in [0.25, 0.3) is 39.1 Å². The van der Waals surface area contributed by atoms with Gasteiger partial charge in [-0.2, -0.15) is 10.1 Å². The molecule has 4 fully saturated rings. The van der Waals surface area contributed by atoms with E-state index in [1.54, 1.807) is 64.5 Å². The van der Waals surface area contributed by atoms with Gasteiger partial charge in [0.05, 0.1) is 91.8 Å². The van der Waals surface area contributed by atoms with E-state index >= 15 is 0 Å². The maximum atomic E-state index is 14.9. The topological polar surface area (TPSA) is 486 Å². The Labute approximate surface area is 738 Å². The van der Waals surface area contributed by atoms with Crippen LogP contribution in [-0.2, 0) is 65.5 Å². The number of ketones is 2. The Bertz CT molecular complexity index is 5110. The zero-order chi connectivity index (χ0) is 90.3. The summed E-state index contributed by atoms with van der Waals surface area (Å²) < 4.78 is 52.3. The van der Waals surface area contributed by atoms with Gasteiger partial charge >= 0.3 is 5.97 Å². The number of hydrogen-bond donors (Lipinski definition) is 9. The summed E-state index contributed by atoms with van der Waals surface area (Å²) in [5.41, 5.74) is 19.2. The number of hydrogen-bond acceptors (Lipinski definition) is 32. The summed E-state index contributed by atoms with van der Waals surface area (Å²) in [6, 6.07) is 5.06. The Morgan fingerprint density at radius 2 is 1.55 bits per heavy atom. The van der Waals surface area contributed by atoms with E-state index in [0.29, 0.717) is 171 Å². The second kappa shape index (κ2) is 43.1. The number of amides is 2. The molecule has 3 aliphatic heterocycles. The second-order valence-electron chi connectivity index (χ2n) is 35.1. The quantitative estimate of drug-likeness (QED) is 0.0107. The van der Waals surface area contributed by atoms with Crippen LogP contribution in [0.5, 0.6) is 0 Å². The maximum absolute atomic E-state index is 14.9. The molecule has 2 amide bonds. The molecule has 6 aliphatic rings. The van der Waals surface area contributed by atoms with Gasteiger partial charge in [0, 0.05) is 121 Å². The standard InChI is InChI=1S/C91H124N18O18/c1-51-17-11-12-18-65-52(2)35-55(5)76(82(122-10)79(114)56(6)36-53(3)70(112)41-73(54(4)37-58-22-25-69(111)74(38-58)121-9)125-87(118)67-20-14-13-19-66(67)80(115)83(116)91(119)57(7)21-24-64(127-91)40-72(51)120-8)81(65)124-49-61-46-109(105-103-61)62-44-98-90(99-45-62)107-32-31-106(47-63(107)48-110)89-96-42-60(43-97-89)86(117)95-29-34-123-33-27-75(113)94-28-15-16-30-108-85-77(84(92)100-50-101-85)78(104-108)59-23-26-71-68(39-59)102-88(93)126-71/h11-12,17-18,23,26,36,39,42-46,50,52-55,57-58,63-64,66-67,69-70,72-74,79,82,110-112,114,119H,13-16,19-22,24-25,27-35,37-38,40-41,47-49H2,1-10H3,(H2,93,102)(H,94,113)(H,95,117)(H2,92,100,101)/b12-11+,51-17+,56-36+,65-18-/t52-,53+,54+,55+,57+,58-,63?,64-,66?,67+,69+,70+,72-,73-,74+,79+,82-,91+/m0/s1. The second-order valence-corrected chi connectivity index (χ2v) is 35.1. The number of aryl methyl sites for hydroxylation is 1. The smallest absolute Gasteiger partial charge is 0.309 e.